The molecule has 7 nitrogen and oxygen atoms in total. The molecule has 48 heavy (non-hydrogen) atoms. The van der Waals surface area contributed by atoms with Crippen LogP contribution in [-0.4, -0.2) is 54.5 Å². The number of para-hydroxylation sites is 2. The first-order valence-electron chi connectivity index (χ1n) is 16.1. The molecule has 1 aliphatic heterocycles. The van der Waals surface area contributed by atoms with Crippen molar-refractivity contribution < 1.29 is 32.3 Å². The molecule has 0 atom stereocenters. The summed E-state index contributed by atoms with van der Waals surface area (Å²) in [5.41, 5.74) is 1.97. The second-order valence-corrected chi connectivity index (χ2v) is 12.2. The molecule has 6 rings (SSSR count). The van der Waals surface area contributed by atoms with E-state index in [0.717, 1.165) is 11.1 Å². The van der Waals surface area contributed by atoms with E-state index in [1.54, 1.807) is 53.4 Å². The van der Waals surface area contributed by atoms with Crippen molar-refractivity contribution in [1.82, 2.24) is 15.5 Å². The molecule has 248 valence electrons. The number of carbonyl (C=O) groups is 3. The zero-order valence-corrected chi connectivity index (χ0v) is 26.3. The molecule has 0 spiro atoms. The number of rotatable bonds is 10. The normalized spacial score (nSPS) is 15.3. The fraction of sp³-hybridized carbons (Fsp3) is 0.289. The van der Waals surface area contributed by atoms with E-state index in [0.29, 0.717) is 60.5 Å². The maximum absolute atomic E-state index is 13.7. The molecule has 1 aliphatic carbocycles. The van der Waals surface area contributed by atoms with Crippen molar-refractivity contribution in [2.24, 2.45) is 0 Å². The minimum absolute atomic E-state index is 0.0909. The van der Waals surface area contributed by atoms with Gasteiger partial charge in [0.25, 0.3) is 5.91 Å². The van der Waals surface area contributed by atoms with E-state index < -0.39 is 24.0 Å². The number of piperidine rings is 1. The predicted molar refractivity (Wildman–Crippen MR) is 176 cm³/mol. The molecule has 2 N–H and O–H groups in total. The van der Waals surface area contributed by atoms with Crippen molar-refractivity contribution in [3.63, 3.8) is 0 Å². The zero-order valence-electron chi connectivity index (χ0n) is 26.3. The fourth-order valence-corrected chi connectivity index (χ4v) is 6.84. The van der Waals surface area contributed by atoms with Crippen LogP contribution in [0.1, 0.15) is 53.6 Å². The Morgan fingerprint density at radius 2 is 1.38 bits per heavy atom. The standard InChI is InChI=1S/C38H36F3N3O4/c39-38(40,41)25-42-36(47)37(31-16-7-4-13-28(31)29-14-5-8-17-32(29)37)22-10-19-34(45)44-23-20-26(21-24-44)43-35(46)30-15-6-9-18-33(30)48-27-11-2-1-3-12-27/h1-9,11-18,26H,10,19-25H2,(H,42,47)(H,43,46). The van der Waals surface area contributed by atoms with Crippen LogP contribution in [0, 0.1) is 0 Å². The molecular weight excluding hydrogens is 619 g/mol. The van der Waals surface area contributed by atoms with Gasteiger partial charge in [-0.05, 0) is 72.2 Å². The summed E-state index contributed by atoms with van der Waals surface area (Å²) in [4.78, 5) is 42.0. The highest BCUT2D eigenvalue weighted by atomic mass is 19.4. The van der Waals surface area contributed by atoms with Crippen LogP contribution in [0.5, 0.6) is 11.5 Å². The summed E-state index contributed by atoms with van der Waals surface area (Å²) >= 11 is 0. The molecule has 1 heterocycles. The number of nitrogens with one attached hydrogen (secondary N) is 2. The Kier molecular flexibility index (Phi) is 9.52. The van der Waals surface area contributed by atoms with E-state index in [4.69, 9.17) is 4.74 Å². The number of carbonyl (C=O) groups excluding carboxylic acids is 3. The summed E-state index contributed by atoms with van der Waals surface area (Å²) in [7, 11) is 0. The van der Waals surface area contributed by atoms with Gasteiger partial charge in [-0.25, -0.2) is 0 Å². The van der Waals surface area contributed by atoms with E-state index in [9.17, 15) is 27.6 Å². The molecule has 0 saturated carbocycles. The van der Waals surface area contributed by atoms with Gasteiger partial charge in [0.15, 0.2) is 0 Å². The lowest BCUT2D eigenvalue weighted by Gasteiger charge is -2.33. The van der Waals surface area contributed by atoms with Crippen LogP contribution in [0.25, 0.3) is 11.1 Å². The first-order valence-corrected chi connectivity index (χ1v) is 16.1. The van der Waals surface area contributed by atoms with Gasteiger partial charge < -0.3 is 20.3 Å². The number of likely N-dealkylation sites (tertiary alicyclic amines) is 1. The van der Waals surface area contributed by atoms with E-state index >= 15 is 0 Å². The highest BCUT2D eigenvalue weighted by Crippen LogP contribution is 2.51. The molecule has 2 aliphatic rings. The van der Waals surface area contributed by atoms with Gasteiger partial charge in [-0.15, -0.1) is 0 Å². The van der Waals surface area contributed by atoms with Gasteiger partial charge in [0.1, 0.15) is 23.5 Å². The van der Waals surface area contributed by atoms with E-state index in [1.165, 1.54) is 0 Å². The summed E-state index contributed by atoms with van der Waals surface area (Å²) in [6, 6.07) is 30.7. The Hall–Kier alpha value is -5.12. The highest BCUT2D eigenvalue weighted by Gasteiger charge is 2.49. The molecular formula is C38H36F3N3O4. The molecule has 3 amide bonds. The maximum atomic E-state index is 13.7. The Bertz CT molecular complexity index is 1740. The van der Waals surface area contributed by atoms with E-state index in [-0.39, 0.29) is 30.7 Å². The average Bonchev–Trinajstić information content (AvgIpc) is 3.38. The Morgan fingerprint density at radius 1 is 0.792 bits per heavy atom. The summed E-state index contributed by atoms with van der Waals surface area (Å²) in [5.74, 6) is 0.00580. The van der Waals surface area contributed by atoms with Crippen LogP contribution in [-0.2, 0) is 15.0 Å². The van der Waals surface area contributed by atoms with Gasteiger partial charge in [0, 0.05) is 25.6 Å². The third-order valence-corrected chi connectivity index (χ3v) is 9.13. The van der Waals surface area contributed by atoms with Gasteiger partial charge in [0.2, 0.25) is 11.8 Å². The second kappa shape index (κ2) is 13.9. The first kappa shape index (κ1) is 32.8. The number of alkyl halides is 3. The lowest BCUT2D eigenvalue weighted by Crippen LogP contribution is -2.47. The molecule has 0 radical (unpaired) electrons. The van der Waals surface area contributed by atoms with Crippen molar-refractivity contribution in [3.05, 3.63) is 120 Å². The number of fused-ring (bicyclic) bond motifs is 3. The second-order valence-electron chi connectivity index (χ2n) is 12.2. The number of nitrogens with zero attached hydrogens (tertiary/aromatic N) is 1. The lowest BCUT2D eigenvalue weighted by molar-refractivity contribution is -0.141. The van der Waals surface area contributed by atoms with E-state index in [1.807, 2.05) is 54.6 Å². The number of hydrogen-bond donors (Lipinski definition) is 2. The van der Waals surface area contributed by atoms with E-state index in [2.05, 4.69) is 10.6 Å². The van der Waals surface area contributed by atoms with Gasteiger partial charge in [-0.1, -0.05) is 78.9 Å². The number of amides is 3. The molecule has 1 saturated heterocycles. The monoisotopic (exact) mass is 655 g/mol. The zero-order chi connectivity index (χ0) is 33.7. The minimum atomic E-state index is -4.56. The fourth-order valence-electron chi connectivity index (χ4n) is 6.84. The SMILES string of the molecule is O=C(NC1CCN(C(=O)CCCC2(C(=O)NCC(F)(F)F)c3ccccc3-c3ccccc32)CC1)c1ccccc1Oc1ccccc1. The van der Waals surface area contributed by atoms with Crippen molar-refractivity contribution in [3.8, 4) is 22.6 Å². The predicted octanol–water partition coefficient (Wildman–Crippen LogP) is 7.02. The summed E-state index contributed by atoms with van der Waals surface area (Å²) < 4.78 is 45.5. The van der Waals surface area contributed by atoms with Crippen molar-refractivity contribution in [2.75, 3.05) is 19.6 Å². The van der Waals surface area contributed by atoms with Crippen molar-refractivity contribution in [1.29, 1.82) is 0 Å². The Morgan fingerprint density at radius 3 is 2.02 bits per heavy atom. The van der Waals surface area contributed by atoms with Crippen LogP contribution >= 0.6 is 0 Å². The largest absolute Gasteiger partial charge is 0.457 e. The summed E-state index contributed by atoms with van der Waals surface area (Å²) in [6.45, 7) is -0.530. The third-order valence-electron chi connectivity index (χ3n) is 9.13. The molecule has 0 unspecified atom stereocenters. The number of benzene rings is 4. The van der Waals surface area contributed by atoms with Crippen LogP contribution in [0.3, 0.4) is 0 Å². The summed E-state index contributed by atoms with van der Waals surface area (Å²) in [6.07, 6.45) is -2.80. The van der Waals surface area contributed by atoms with Crippen LogP contribution < -0.4 is 15.4 Å². The average molecular weight is 656 g/mol. The van der Waals surface area contributed by atoms with Crippen LogP contribution in [0.4, 0.5) is 13.2 Å². The lowest BCUT2D eigenvalue weighted by atomic mass is 9.73. The van der Waals surface area contributed by atoms with Gasteiger partial charge in [-0.3, -0.25) is 14.4 Å². The van der Waals surface area contributed by atoms with Gasteiger partial charge in [0.05, 0.1) is 5.56 Å². The van der Waals surface area contributed by atoms with Crippen molar-refractivity contribution in [2.45, 2.75) is 49.7 Å². The molecule has 0 aromatic heterocycles. The third kappa shape index (κ3) is 6.93. The molecule has 4 aromatic carbocycles. The number of hydrogen-bond acceptors (Lipinski definition) is 4. The number of ether oxygens (including phenoxy) is 1. The first-order chi connectivity index (χ1) is 23.2. The molecule has 1 fully saturated rings. The van der Waals surface area contributed by atoms with Crippen molar-refractivity contribution >= 4 is 17.7 Å². The Labute approximate surface area is 277 Å². The van der Waals surface area contributed by atoms with Crippen LogP contribution in [0.2, 0.25) is 0 Å². The minimum Gasteiger partial charge on any atom is -0.457 e. The van der Waals surface area contributed by atoms with Crippen LogP contribution in [0.15, 0.2) is 103 Å². The molecule has 10 heteroatoms. The summed E-state index contributed by atoms with van der Waals surface area (Å²) in [5, 5.41) is 5.21. The van der Waals surface area contributed by atoms with Gasteiger partial charge >= 0.3 is 6.18 Å². The maximum Gasteiger partial charge on any atom is 0.405 e. The highest BCUT2D eigenvalue weighted by molar-refractivity contribution is 6.00. The Balaban J connectivity index is 1.07. The van der Waals surface area contributed by atoms with Gasteiger partial charge in [-0.2, -0.15) is 13.2 Å². The molecule has 4 aromatic rings. The quantitative estimate of drug-likeness (QED) is 0.192. The topological polar surface area (TPSA) is 87.7 Å². The molecule has 0 bridgehead atoms. The number of halogens is 3. The smallest absolute Gasteiger partial charge is 0.405 e.